The lowest BCUT2D eigenvalue weighted by atomic mass is 10.1. The van der Waals surface area contributed by atoms with Crippen LogP contribution >= 0.6 is 27.3 Å². The maximum Gasteiger partial charge on any atom is 0.0794 e. The number of nitrogens with two attached hydrogens (primary N) is 1. The molecule has 2 N–H and O–H groups in total. The third-order valence-corrected chi connectivity index (χ3v) is 3.52. The number of hydrogen-bond acceptors (Lipinski definition) is 4. The summed E-state index contributed by atoms with van der Waals surface area (Å²) in [5.74, 6) is 0. The number of hydrogen-bond donors (Lipinski definition) is 1. The summed E-state index contributed by atoms with van der Waals surface area (Å²) in [5, 5.41) is 0. The Bertz CT molecular complexity index is 430. The van der Waals surface area contributed by atoms with Gasteiger partial charge in [0.05, 0.1) is 17.2 Å². The number of halogens is 1. The fourth-order valence-corrected chi connectivity index (χ4v) is 2.53. The van der Waals surface area contributed by atoms with Crippen molar-refractivity contribution in [2.24, 2.45) is 5.73 Å². The van der Waals surface area contributed by atoms with Gasteiger partial charge in [0, 0.05) is 28.2 Å². The van der Waals surface area contributed by atoms with Crippen LogP contribution in [0.3, 0.4) is 0 Å². The van der Waals surface area contributed by atoms with Gasteiger partial charge in [0.1, 0.15) is 0 Å². The Morgan fingerprint density at radius 3 is 3.07 bits per heavy atom. The Labute approximate surface area is 101 Å². The highest BCUT2D eigenvalue weighted by Crippen LogP contribution is 2.22. The Morgan fingerprint density at radius 2 is 2.40 bits per heavy atom. The molecule has 2 aromatic heterocycles. The molecule has 15 heavy (non-hydrogen) atoms. The van der Waals surface area contributed by atoms with Gasteiger partial charge in [-0.2, -0.15) is 0 Å². The van der Waals surface area contributed by atoms with Crippen LogP contribution in [-0.4, -0.2) is 9.97 Å². The van der Waals surface area contributed by atoms with Gasteiger partial charge in [0.15, 0.2) is 0 Å². The highest BCUT2D eigenvalue weighted by Gasteiger charge is 2.12. The first-order valence-corrected chi connectivity index (χ1v) is 6.18. The molecule has 0 bridgehead atoms. The van der Waals surface area contributed by atoms with Crippen LogP contribution in [0.5, 0.6) is 0 Å². The minimum absolute atomic E-state index is 0.0824. The maximum atomic E-state index is 6.07. The van der Waals surface area contributed by atoms with Gasteiger partial charge in [-0.25, -0.2) is 0 Å². The molecule has 2 heterocycles. The summed E-state index contributed by atoms with van der Waals surface area (Å²) < 4.78 is 0.960. The van der Waals surface area contributed by atoms with Gasteiger partial charge in [-0.3, -0.25) is 9.97 Å². The van der Waals surface area contributed by atoms with Crippen LogP contribution in [0.2, 0.25) is 0 Å². The minimum Gasteiger partial charge on any atom is -0.322 e. The van der Waals surface area contributed by atoms with Gasteiger partial charge in [0.25, 0.3) is 0 Å². The van der Waals surface area contributed by atoms with Crippen molar-refractivity contribution in [2.45, 2.75) is 12.5 Å². The van der Waals surface area contributed by atoms with E-state index in [4.69, 9.17) is 5.73 Å². The number of thiazole rings is 1. The molecule has 0 saturated heterocycles. The van der Waals surface area contributed by atoms with Crippen LogP contribution in [0.25, 0.3) is 0 Å². The average Bonchev–Trinajstić information content (AvgIpc) is 2.71. The Balaban J connectivity index is 2.15. The van der Waals surface area contributed by atoms with Gasteiger partial charge in [-0.1, -0.05) is 0 Å². The van der Waals surface area contributed by atoms with Gasteiger partial charge in [0.2, 0.25) is 0 Å². The number of pyridine rings is 1. The van der Waals surface area contributed by atoms with Crippen LogP contribution in [0.15, 0.2) is 34.5 Å². The van der Waals surface area contributed by atoms with Crippen molar-refractivity contribution in [3.8, 4) is 0 Å². The van der Waals surface area contributed by atoms with Crippen LogP contribution in [0, 0.1) is 0 Å². The smallest absolute Gasteiger partial charge is 0.0794 e. The van der Waals surface area contributed by atoms with Crippen molar-refractivity contribution in [3.63, 3.8) is 0 Å². The van der Waals surface area contributed by atoms with E-state index in [1.54, 1.807) is 17.5 Å². The third kappa shape index (κ3) is 2.62. The first kappa shape index (κ1) is 10.7. The van der Waals surface area contributed by atoms with E-state index in [-0.39, 0.29) is 6.04 Å². The molecule has 2 aromatic rings. The second-order valence-corrected chi connectivity index (χ2v) is 4.97. The van der Waals surface area contributed by atoms with Gasteiger partial charge in [-0.05, 0) is 28.1 Å². The molecule has 2 rings (SSSR count). The quantitative estimate of drug-likeness (QED) is 0.942. The van der Waals surface area contributed by atoms with Crippen molar-refractivity contribution < 1.29 is 0 Å². The predicted octanol–water partition coefficient (Wildman–Crippen LogP) is 2.54. The molecule has 0 saturated carbocycles. The average molecular weight is 284 g/mol. The summed E-state index contributed by atoms with van der Waals surface area (Å²) in [6, 6.07) is 3.75. The molecule has 0 aliphatic rings. The predicted molar refractivity (Wildman–Crippen MR) is 64.7 cm³/mol. The number of aromatic nitrogens is 2. The standard InChI is InChI=1S/C10H10BrN3S/c11-8-2-1-3-14-10(8)9(12)4-7-5-13-6-15-7/h1-3,5-6,9H,4,12H2. The molecular formula is C10H10BrN3S. The second kappa shape index (κ2) is 4.83. The van der Waals surface area contributed by atoms with Crippen LogP contribution in [0.4, 0.5) is 0 Å². The SMILES string of the molecule is NC(Cc1cncs1)c1ncccc1Br. The van der Waals surface area contributed by atoms with E-state index < -0.39 is 0 Å². The Hall–Kier alpha value is -0.780. The Kier molecular flexibility index (Phi) is 3.45. The first-order chi connectivity index (χ1) is 7.27. The van der Waals surface area contributed by atoms with Crippen molar-refractivity contribution in [1.29, 1.82) is 0 Å². The van der Waals surface area contributed by atoms with E-state index in [0.29, 0.717) is 0 Å². The summed E-state index contributed by atoms with van der Waals surface area (Å²) in [4.78, 5) is 9.47. The van der Waals surface area contributed by atoms with E-state index in [9.17, 15) is 0 Å². The van der Waals surface area contributed by atoms with E-state index in [2.05, 4.69) is 25.9 Å². The molecule has 1 unspecified atom stereocenters. The topological polar surface area (TPSA) is 51.8 Å². The van der Waals surface area contributed by atoms with Crippen molar-refractivity contribution in [1.82, 2.24) is 9.97 Å². The first-order valence-electron chi connectivity index (χ1n) is 4.50. The third-order valence-electron chi connectivity index (χ3n) is 2.04. The normalized spacial score (nSPS) is 12.7. The van der Waals surface area contributed by atoms with E-state index in [1.165, 1.54) is 4.88 Å². The molecule has 0 aromatic carbocycles. The summed E-state index contributed by atoms with van der Waals surface area (Å²) in [6.07, 6.45) is 4.38. The van der Waals surface area contributed by atoms with Crippen molar-refractivity contribution >= 4 is 27.3 Å². The zero-order valence-electron chi connectivity index (χ0n) is 7.93. The molecule has 0 fully saturated rings. The molecule has 0 spiro atoms. The van der Waals surface area contributed by atoms with Gasteiger partial charge in [-0.15, -0.1) is 11.3 Å². The highest BCUT2D eigenvalue weighted by atomic mass is 79.9. The van der Waals surface area contributed by atoms with Crippen LogP contribution in [-0.2, 0) is 6.42 Å². The molecule has 0 aliphatic heterocycles. The van der Waals surface area contributed by atoms with Crippen molar-refractivity contribution in [3.05, 3.63) is 45.1 Å². The summed E-state index contributed by atoms with van der Waals surface area (Å²) in [7, 11) is 0. The summed E-state index contributed by atoms with van der Waals surface area (Å²) in [6.45, 7) is 0. The fraction of sp³-hybridized carbons (Fsp3) is 0.200. The van der Waals surface area contributed by atoms with Crippen LogP contribution in [0.1, 0.15) is 16.6 Å². The lowest BCUT2D eigenvalue weighted by Crippen LogP contribution is -2.14. The summed E-state index contributed by atoms with van der Waals surface area (Å²) in [5.41, 5.74) is 8.78. The molecule has 5 heteroatoms. The lowest BCUT2D eigenvalue weighted by Gasteiger charge is -2.10. The molecule has 1 atom stereocenters. The zero-order chi connectivity index (χ0) is 10.7. The highest BCUT2D eigenvalue weighted by molar-refractivity contribution is 9.10. The molecule has 78 valence electrons. The van der Waals surface area contributed by atoms with Crippen LogP contribution < -0.4 is 5.73 Å². The molecule has 0 amide bonds. The summed E-state index contributed by atoms with van der Waals surface area (Å²) >= 11 is 5.06. The van der Waals surface area contributed by atoms with E-state index >= 15 is 0 Å². The molecule has 0 aliphatic carbocycles. The fourth-order valence-electron chi connectivity index (χ4n) is 1.33. The largest absolute Gasteiger partial charge is 0.322 e. The number of rotatable bonds is 3. The van der Waals surface area contributed by atoms with Crippen molar-refractivity contribution in [2.75, 3.05) is 0 Å². The molecular weight excluding hydrogens is 274 g/mol. The number of nitrogens with zero attached hydrogens (tertiary/aromatic N) is 2. The van der Waals surface area contributed by atoms with E-state index in [1.807, 2.05) is 23.8 Å². The minimum atomic E-state index is -0.0824. The lowest BCUT2D eigenvalue weighted by molar-refractivity contribution is 0.698. The zero-order valence-corrected chi connectivity index (χ0v) is 10.3. The molecule has 3 nitrogen and oxygen atoms in total. The monoisotopic (exact) mass is 283 g/mol. The molecule has 0 radical (unpaired) electrons. The van der Waals surface area contributed by atoms with Gasteiger partial charge >= 0.3 is 0 Å². The van der Waals surface area contributed by atoms with E-state index in [0.717, 1.165) is 16.6 Å². The second-order valence-electron chi connectivity index (χ2n) is 3.15. The maximum absolute atomic E-state index is 6.07. The van der Waals surface area contributed by atoms with Gasteiger partial charge < -0.3 is 5.73 Å². The Morgan fingerprint density at radius 1 is 1.53 bits per heavy atom.